The van der Waals surface area contributed by atoms with Gasteiger partial charge in [-0.05, 0) is 18.8 Å². The first-order valence-electron chi connectivity index (χ1n) is 6.69. The minimum atomic E-state index is -3.27. The Morgan fingerprint density at radius 1 is 1.20 bits per heavy atom. The van der Waals surface area contributed by atoms with E-state index in [0.717, 1.165) is 12.7 Å². The highest BCUT2D eigenvalue weighted by atomic mass is 32.2. The number of carboxylic acid groups (broad SMARTS) is 1. The predicted molar refractivity (Wildman–Crippen MR) is 73.5 cm³/mol. The molecule has 0 aromatic carbocycles. The zero-order valence-corrected chi connectivity index (χ0v) is 12.6. The number of aliphatic carboxylic acids is 1. The summed E-state index contributed by atoms with van der Waals surface area (Å²) in [7, 11) is -3.27. The van der Waals surface area contributed by atoms with Gasteiger partial charge in [0.15, 0.2) is 0 Å². The van der Waals surface area contributed by atoms with Crippen LogP contribution in [-0.2, 0) is 19.6 Å². The van der Waals surface area contributed by atoms with Gasteiger partial charge in [0.1, 0.15) is 0 Å². The molecular weight excluding hydrogens is 284 g/mol. The quantitative estimate of drug-likeness (QED) is 0.563. The third-order valence-corrected chi connectivity index (χ3v) is 4.41. The van der Waals surface area contributed by atoms with E-state index >= 15 is 0 Å². The largest absolute Gasteiger partial charge is 0.481 e. The van der Waals surface area contributed by atoms with Gasteiger partial charge in [-0.15, -0.1) is 0 Å². The molecular formula is C12H22N2O5S. The molecule has 8 heteroatoms. The Balaban J connectivity index is 2.47. The fourth-order valence-electron chi connectivity index (χ4n) is 2.59. The molecule has 0 heterocycles. The summed E-state index contributed by atoms with van der Waals surface area (Å²) < 4.78 is 24.0. The lowest BCUT2D eigenvalue weighted by molar-refractivity contribution is -0.146. The van der Waals surface area contributed by atoms with Crippen LogP contribution in [0.1, 0.15) is 26.2 Å². The Hall–Kier alpha value is -1.15. The van der Waals surface area contributed by atoms with Gasteiger partial charge in [0, 0.05) is 13.1 Å². The van der Waals surface area contributed by atoms with Crippen LogP contribution < -0.4 is 10.0 Å². The number of amides is 1. The molecule has 1 rings (SSSR count). The highest BCUT2D eigenvalue weighted by Crippen LogP contribution is 2.38. The number of sulfonamides is 1. The maximum Gasteiger partial charge on any atom is 0.307 e. The molecule has 0 radical (unpaired) electrons. The Bertz CT molecular complexity index is 462. The molecule has 20 heavy (non-hydrogen) atoms. The molecule has 0 aromatic rings. The molecule has 0 spiro atoms. The maximum atomic E-state index is 12.0. The van der Waals surface area contributed by atoms with Gasteiger partial charge >= 0.3 is 5.97 Å². The number of carbonyl (C=O) groups excluding carboxylic acids is 1. The van der Waals surface area contributed by atoms with Crippen LogP contribution in [-0.4, -0.2) is 44.7 Å². The highest BCUT2D eigenvalue weighted by molar-refractivity contribution is 7.88. The molecule has 3 atom stereocenters. The topological polar surface area (TPSA) is 113 Å². The number of carboxylic acids is 1. The molecule has 3 N–H and O–H groups in total. The summed E-state index contributed by atoms with van der Waals surface area (Å²) in [6.45, 7) is 2.25. The monoisotopic (exact) mass is 306 g/mol. The second-order valence-corrected chi connectivity index (χ2v) is 7.09. The van der Waals surface area contributed by atoms with Gasteiger partial charge in [-0.3, -0.25) is 9.59 Å². The summed E-state index contributed by atoms with van der Waals surface area (Å²) in [5.74, 6) is -2.13. The van der Waals surface area contributed by atoms with E-state index in [4.69, 9.17) is 5.11 Å². The zero-order chi connectivity index (χ0) is 15.3. The minimum absolute atomic E-state index is 0.103. The van der Waals surface area contributed by atoms with Gasteiger partial charge in [0.05, 0.1) is 18.1 Å². The van der Waals surface area contributed by atoms with Crippen molar-refractivity contribution in [3.05, 3.63) is 0 Å². The smallest absolute Gasteiger partial charge is 0.307 e. The summed E-state index contributed by atoms with van der Waals surface area (Å²) >= 11 is 0. The molecule has 0 aliphatic heterocycles. The molecule has 7 nitrogen and oxygen atoms in total. The molecule has 0 aromatic heterocycles. The van der Waals surface area contributed by atoms with Gasteiger partial charge < -0.3 is 10.4 Å². The minimum Gasteiger partial charge on any atom is -0.481 e. The first-order chi connectivity index (χ1) is 9.24. The normalized spacial score (nSPS) is 26.4. The predicted octanol–water partition coefficient (Wildman–Crippen LogP) is -0.211. The third kappa shape index (κ3) is 5.09. The van der Waals surface area contributed by atoms with Crippen LogP contribution in [0.4, 0.5) is 0 Å². The van der Waals surface area contributed by atoms with Crippen LogP contribution in [0.15, 0.2) is 0 Å². The maximum absolute atomic E-state index is 12.0. The first kappa shape index (κ1) is 16.9. The van der Waals surface area contributed by atoms with Gasteiger partial charge in [0.25, 0.3) is 0 Å². The van der Waals surface area contributed by atoms with Crippen LogP contribution in [0.2, 0.25) is 0 Å². The average Bonchev–Trinajstić information content (AvgIpc) is 2.77. The second-order valence-electron chi connectivity index (χ2n) is 5.25. The Kier molecular flexibility index (Phi) is 5.94. The first-order valence-corrected chi connectivity index (χ1v) is 8.59. The summed E-state index contributed by atoms with van der Waals surface area (Å²) in [5, 5.41) is 11.7. The van der Waals surface area contributed by atoms with Gasteiger partial charge in [-0.25, -0.2) is 13.1 Å². The van der Waals surface area contributed by atoms with Crippen LogP contribution in [0.25, 0.3) is 0 Å². The van der Waals surface area contributed by atoms with Crippen molar-refractivity contribution in [2.24, 2.45) is 17.8 Å². The highest BCUT2D eigenvalue weighted by Gasteiger charge is 2.41. The van der Waals surface area contributed by atoms with E-state index in [1.54, 1.807) is 0 Å². The fraction of sp³-hybridized carbons (Fsp3) is 0.833. The van der Waals surface area contributed by atoms with Crippen LogP contribution >= 0.6 is 0 Å². The molecule has 1 saturated carbocycles. The molecule has 1 fully saturated rings. The number of nitrogens with one attached hydrogen (secondary N) is 2. The van der Waals surface area contributed by atoms with Crippen molar-refractivity contribution in [3.8, 4) is 0 Å². The summed E-state index contributed by atoms with van der Waals surface area (Å²) in [5.41, 5.74) is 0. The second kappa shape index (κ2) is 7.03. The Labute approximate surface area is 119 Å². The van der Waals surface area contributed by atoms with E-state index < -0.39 is 27.8 Å². The van der Waals surface area contributed by atoms with Crippen molar-refractivity contribution in [1.82, 2.24) is 10.0 Å². The zero-order valence-electron chi connectivity index (χ0n) is 11.8. The van der Waals surface area contributed by atoms with Crippen LogP contribution in [0, 0.1) is 17.8 Å². The summed E-state index contributed by atoms with van der Waals surface area (Å²) in [4.78, 5) is 23.2. The average molecular weight is 306 g/mol. The lowest BCUT2D eigenvalue weighted by Gasteiger charge is -2.15. The van der Waals surface area contributed by atoms with Crippen molar-refractivity contribution in [2.75, 3.05) is 19.3 Å². The van der Waals surface area contributed by atoms with E-state index in [9.17, 15) is 18.0 Å². The van der Waals surface area contributed by atoms with E-state index in [1.165, 1.54) is 0 Å². The lowest BCUT2D eigenvalue weighted by Crippen LogP contribution is -2.39. The van der Waals surface area contributed by atoms with Crippen molar-refractivity contribution in [3.63, 3.8) is 0 Å². The molecule has 116 valence electrons. The number of carbonyl (C=O) groups is 2. The molecule has 1 aliphatic carbocycles. The van der Waals surface area contributed by atoms with Crippen molar-refractivity contribution in [1.29, 1.82) is 0 Å². The van der Waals surface area contributed by atoms with Crippen molar-refractivity contribution >= 4 is 21.9 Å². The standard InChI is InChI=1S/C12H22N2O5S/c1-3-8-6-9(10(7-8)12(16)17)11(15)13-4-5-14-20(2,18)19/h8-10,14H,3-7H2,1-2H3,(H,13,15)(H,16,17). The molecule has 3 unspecified atom stereocenters. The molecule has 1 amide bonds. The van der Waals surface area contributed by atoms with Crippen molar-refractivity contribution in [2.45, 2.75) is 26.2 Å². The number of hydrogen-bond acceptors (Lipinski definition) is 4. The molecule has 1 aliphatic rings. The summed E-state index contributed by atoms with van der Waals surface area (Å²) in [6.07, 6.45) is 3.02. The number of rotatable bonds is 7. The van der Waals surface area contributed by atoms with Gasteiger partial charge in [0.2, 0.25) is 15.9 Å². The fourth-order valence-corrected chi connectivity index (χ4v) is 3.07. The van der Waals surface area contributed by atoms with Gasteiger partial charge in [-0.2, -0.15) is 0 Å². The van der Waals surface area contributed by atoms with E-state index in [1.807, 2.05) is 6.92 Å². The van der Waals surface area contributed by atoms with Crippen molar-refractivity contribution < 1.29 is 23.1 Å². The molecule has 0 saturated heterocycles. The Morgan fingerprint density at radius 2 is 1.80 bits per heavy atom. The third-order valence-electron chi connectivity index (χ3n) is 3.68. The van der Waals surface area contributed by atoms with E-state index in [-0.39, 0.29) is 24.9 Å². The lowest BCUT2D eigenvalue weighted by atomic mass is 9.95. The van der Waals surface area contributed by atoms with E-state index in [2.05, 4.69) is 10.0 Å². The Morgan fingerprint density at radius 3 is 2.30 bits per heavy atom. The molecule has 0 bridgehead atoms. The van der Waals surface area contributed by atoms with E-state index in [0.29, 0.717) is 12.8 Å². The number of hydrogen-bond donors (Lipinski definition) is 3. The van der Waals surface area contributed by atoms with Gasteiger partial charge in [-0.1, -0.05) is 13.3 Å². The SMILES string of the molecule is CCC1CC(C(=O)O)C(C(=O)NCCNS(C)(=O)=O)C1. The summed E-state index contributed by atoms with van der Waals surface area (Å²) in [6, 6.07) is 0. The van der Waals surface area contributed by atoms with Crippen LogP contribution in [0.3, 0.4) is 0 Å². The van der Waals surface area contributed by atoms with Crippen LogP contribution in [0.5, 0.6) is 0 Å².